The second-order valence-electron chi connectivity index (χ2n) is 7.28. The van der Waals surface area contributed by atoms with Crippen molar-refractivity contribution in [3.8, 4) is 0 Å². The van der Waals surface area contributed by atoms with Gasteiger partial charge in [-0.25, -0.2) is 8.42 Å². The highest BCUT2D eigenvalue weighted by atomic mass is 32.2. The van der Waals surface area contributed by atoms with Gasteiger partial charge >= 0.3 is 0 Å². The van der Waals surface area contributed by atoms with E-state index in [1.807, 2.05) is 25.2 Å². The molecule has 5 unspecified atom stereocenters. The number of rotatable bonds is 4. The first kappa shape index (κ1) is 20.9. The van der Waals surface area contributed by atoms with E-state index in [9.17, 15) is 8.42 Å². The molecular weight excluding hydrogens is 350 g/mol. The molecule has 0 fully saturated rings. The molecule has 0 aromatic rings. The fourth-order valence-corrected chi connectivity index (χ4v) is 4.93. The van der Waals surface area contributed by atoms with Gasteiger partial charge in [0.05, 0.1) is 18.5 Å². The first-order chi connectivity index (χ1) is 12.3. The van der Waals surface area contributed by atoms with Gasteiger partial charge in [0, 0.05) is 38.0 Å². The summed E-state index contributed by atoms with van der Waals surface area (Å²) >= 11 is 0. The van der Waals surface area contributed by atoms with Crippen molar-refractivity contribution in [1.29, 1.82) is 0 Å². The number of hydrogen-bond donors (Lipinski definition) is 0. The molecule has 2 rings (SSSR count). The standard InChI is InChI=1S/C20H31NO4S/c1-7-8-9-16-14(3)19(24-4)18-13(2)11-21-12-15(26(6,22)23)10-17(18)20(16)25-5/h7-9,12-15,18-19H,10-11H2,1-6H3/b8-7?,16-9+,21-12?. The molecule has 0 N–H and O–H groups in total. The molecule has 1 heterocycles. The van der Waals surface area contributed by atoms with Crippen molar-refractivity contribution in [3.05, 3.63) is 35.1 Å². The van der Waals surface area contributed by atoms with Gasteiger partial charge in [0.2, 0.25) is 0 Å². The largest absolute Gasteiger partial charge is 0.496 e. The van der Waals surface area contributed by atoms with Crippen LogP contribution in [0.25, 0.3) is 0 Å². The summed E-state index contributed by atoms with van der Waals surface area (Å²) in [6, 6.07) is 0. The predicted molar refractivity (Wildman–Crippen MR) is 106 cm³/mol. The van der Waals surface area contributed by atoms with E-state index in [2.05, 4.69) is 18.8 Å². The van der Waals surface area contributed by atoms with Crippen LogP contribution in [0.3, 0.4) is 0 Å². The monoisotopic (exact) mass is 381 g/mol. The zero-order valence-corrected chi connectivity index (χ0v) is 17.4. The normalized spacial score (nSPS) is 34.7. The minimum Gasteiger partial charge on any atom is -0.496 e. The summed E-state index contributed by atoms with van der Waals surface area (Å²) in [5, 5.41) is -0.633. The van der Waals surface area contributed by atoms with E-state index in [-0.39, 0.29) is 23.9 Å². The lowest BCUT2D eigenvalue weighted by Gasteiger charge is -2.43. The number of sulfone groups is 1. The number of hydrogen-bond acceptors (Lipinski definition) is 5. The lowest BCUT2D eigenvalue weighted by Crippen LogP contribution is -2.43. The fourth-order valence-electron chi connectivity index (χ4n) is 4.14. The Labute approximate surface area is 157 Å². The summed E-state index contributed by atoms with van der Waals surface area (Å²) < 4.78 is 36.2. The molecule has 0 saturated carbocycles. The molecule has 0 bridgehead atoms. The van der Waals surface area contributed by atoms with E-state index in [4.69, 9.17) is 9.47 Å². The highest BCUT2D eigenvalue weighted by Crippen LogP contribution is 2.45. The summed E-state index contributed by atoms with van der Waals surface area (Å²) in [7, 11) is 0.141. The molecular formula is C20H31NO4S. The van der Waals surface area contributed by atoms with E-state index in [0.717, 1.165) is 16.9 Å². The molecule has 6 heteroatoms. The maximum Gasteiger partial charge on any atom is 0.155 e. The maximum absolute atomic E-state index is 12.3. The Morgan fingerprint density at radius 3 is 2.50 bits per heavy atom. The average molecular weight is 382 g/mol. The highest BCUT2D eigenvalue weighted by molar-refractivity contribution is 7.92. The van der Waals surface area contributed by atoms with Gasteiger partial charge in [-0.1, -0.05) is 32.1 Å². The van der Waals surface area contributed by atoms with Crippen molar-refractivity contribution in [2.24, 2.45) is 22.7 Å². The van der Waals surface area contributed by atoms with Crippen LogP contribution >= 0.6 is 0 Å². The summed E-state index contributed by atoms with van der Waals surface area (Å²) in [6.45, 7) is 6.84. The van der Waals surface area contributed by atoms with Crippen molar-refractivity contribution in [3.63, 3.8) is 0 Å². The van der Waals surface area contributed by atoms with Crippen molar-refractivity contribution >= 4 is 16.1 Å². The quantitative estimate of drug-likeness (QED) is 0.750. The highest BCUT2D eigenvalue weighted by Gasteiger charge is 2.44. The number of methoxy groups -OCH3 is 2. The molecule has 0 amide bonds. The Morgan fingerprint density at radius 1 is 1.27 bits per heavy atom. The van der Waals surface area contributed by atoms with E-state index in [1.54, 1.807) is 20.4 Å². The molecule has 5 atom stereocenters. The number of ether oxygens (including phenoxy) is 2. The Morgan fingerprint density at radius 2 is 1.96 bits per heavy atom. The first-order valence-electron chi connectivity index (χ1n) is 9.08. The molecule has 0 radical (unpaired) electrons. The van der Waals surface area contributed by atoms with Crippen LogP contribution in [0.1, 0.15) is 27.2 Å². The molecule has 0 saturated heterocycles. The fraction of sp³-hybridized carbons (Fsp3) is 0.650. The first-order valence-corrected chi connectivity index (χ1v) is 11.0. The van der Waals surface area contributed by atoms with Gasteiger partial charge in [-0.2, -0.15) is 0 Å². The maximum atomic E-state index is 12.3. The summed E-state index contributed by atoms with van der Waals surface area (Å²) in [5.74, 6) is 1.27. The van der Waals surface area contributed by atoms with Crippen molar-refractivity contribution in [2.75, 3.05) is 27.0 Å². The molecule has 0 aromatic heterocycles. The number of nitrogens with zero attached hydrogens (tertiary/aromatic N) is 1. The lowest BCUT2D eigenvalue weighted by molar-refractivity contribution is 0.00594. The topological polar surface area (TPSA) is 65.0 Å². The van der Waals surface area contributed by atoms with Crippen LogP contribution in [0.4, 0.5) is 0 Å². The van der Waals surface area contributed by atoms with E-state index in [0.29, 0.717) is 13.0 Å². The minimum absolute atomic E-state index is 0.0380. The second kappa shape index (κ2) is 8.53. The van der Waals surface area contributed by atoms with Crippen molar-refractivity contribution in [2.45, 2.75) is 38.5 Å². The van der Waals surface area contributed by atoms with E-state index >= 15 is 0 Å². The Kier molecular flexibility index (Phi) is 6.86. The van der Waals surface area contributed by atoms with Gasteiger partial charge in [0.15, 0.2) is 9.84 Å². The van der Waals surface area contributed by atoms with E-state index in [1.165, 1.54) is 6.26 Å². The van der Waals surface area contributed by atoms with Crippen LogP contribution in [0, 0.1) is 17.8 Å². The zero-order valence-electron chi connectivity index (χ0n) is 16.6. The van der Waals surface area contributed by atoms with Crippen LogP contribution in [-0.4, -0.2) is 53.0 Å². The molecule has 146 valence electrons. The summed E-state index contributed by atoms with van der Waals surface area (Å²) in [4.78, 5) is 4.42. The van der Waals surface area contributed by atoms with Crippen LogP contribution in [-0.2, 0) is 19.3 Å². The Hall–Kier alpha value is -1.40. The number of fused-ring (bicyclic) bond motifs is 1. The van der Waals surface area contributed by atoms with Gasteiger partial charge in [0.25, 0.3) is 0 Å². The number of allylic oxidation sites excluding steroid dienone is 4. The molecule has 5 nitrogen and oxygen atoms in total. The van der Waals surface area contributed by atoms with E-state index < -0.39 is 15.1 Å². The van der Waals surface area contributed by atoms with Crippen molar-refractivity contribution < 1.29 is 17.9 Å². The molecule has 2 aliphatic rings. The van der Waals surface area contributed by atoms with Crippen LogP contribution in [0.2, 0.25) is 0 Å². The van der Waals surface area contributed by atoms with Gasteiger partial charge in [-0.15, -0.1) is 0 Å². The molecule has 0 spiro atoms. The Bertz CT molecular complexity index is 733. The summed E-state index contributed by atoms with van der Waals surface area (Å²) in [6.07, 6.45) is 9.22. The molecule has 1 aliphatic heterocycles. The average Bonchev–Trinajstić information content (AvgIpc) is 2.57. The molecule has 26 heavy (non-hydrogen) atoms. The third-order valence-electron chi connectivity index (χ3n) is 5.49. The molecule has 1 aliphatic carbocycles. The van der Waals surface area contributed by atoms with Gasteiger partial charge in [0.1, 0.15) is 5.76 Å². The smallest absolute Gasteiger partial charge is 0.155 e. The lowest BCUT2D eigenvalue weighted by atomic mass is 9.68. The third kappa shape index (κ3) is 4.12. The predicted octanol–water partition coefficient (Wildman–Crippen LogP) is 3.19. The van der Waals surface area contributed by atoms with Gasteiger partial charge < -0.3 is 9.47 Å². The second-order valence-corrected chi connectivity index (χ2v) is 9.55. The SMILES string of the molecule is CC=C/C=C1/C(OC)=C2CC(S(C)(=O)=O)C=NCC(C)C2C(OC)C1C. The van der Waals surface area contributed by atoms with Crippen LogP contribution in [0.5, 0.6) is 0 Å². The van der Waals surface area contributed by atoms with Gasteiger partial charge in [-0.05, 0) is 30.4 Å². The van der Waals surface area contributed by atoms with Crippen LogP contribution in [0.15, 0.2) is 40.1 Å². The van der Waals surface area contributed by atoms with Crippen molar-refractivity contribution in [1.82, 2.24) is 0 Å². The Balaban J connectivity index is 2.70. The number of aliphatic imine (C=N–C) groups is 1. The van der Waals surface area contributed by atoms with Crippen LogP contribution < -0.4 is 0 Å². The third-order valence-corrected chi connectivity index (χ3v) is 6.88. The summed E-state index contributed by atoms with van der Waals surface area (Å²) in [5.41, 5.74) is 2.09. The van der Waals surface area contributed by atoms with Gasteiger partial charge in [-0.3, -0.25) is 4.99 Å². The molecule has 0 aromatic carbocycles. The zero-order chi connectivity index (χ0) is 19.5. The minimum atomic E-state index is -3.25.